The molecule has 9 heteroatoms. The van der Waals surface area contributed by atoms with Crippen LogP contribution in [-0.2, 0) is 9.84 Å². The van der Waals surface area contributed by atoms with E-state index in [-0.39, 0.29) is 10.1 Å². The van der Waals surface area contributed by atoms with Crippen LogP contribution in [0.3, 0.4) is 0 Å². The fourth-order valence-corrected chi connectivity index (χ4v) is 17.3. The fourth-order valence-electron chi connectivity index (χ4n) is 4.44. The molecule has 4 aromatic heterocycles. The summed E-state index contributed by atoms with van der Waals surface area (Å²) >= 11 is 6.90. The molecular formula is C32H40O2S5Si2. The van der Waals surface area contributed by atoms with Crippen molar-refractivity contribution in [1.29, 1.82) is 0 Å². The second-order valence-corrected chi connectivity index (χ2v) is 31.5. The molecule has 0 aromatic carbocycles. The van der Waals surface area contributed by atoms with Crippen molar-refractivity contribution in [3.63, 3.8) is 0 Å². The van der Waals surface area contributed by atoms with Gasteiger partial charge in [-0.15, -0.1) is 45.3 Å². The largest absolute Gasteiger partial charge is 0.218 e. The van der Waals surface area contributed by atoms with Crippen molar-refractivity contribution in [3.05, 3.63) is 70.4 Å². The molecule has 218 valence electrons. The van der Waals surface area contributed by atoms with E-state index in [1.54, 1.807) is 34.8 Å². The van der Waals surface area contributed by atoms with Crippen molar-refractivity contribution in [1.82, 2.24) is 0 Å². The lowest BCUT2D eigenvalue weighted by Gasteiger charge is -2.35. The van der Waals surface area contributed by atoms with Gasteiger partial charge in [-0.1, -0.05) is 79.9 Å². The van der Waals surface area contributed by atoms with Crippen molar-refractivity contribution in [2.24, 2.45) is 0 Å². The Morgan fingerprint density at radius 2 is 0.780 bits per heavy atom. The topological polar surface area (TPSA) is 34.1 Å². The molecule has 0 aliphatic carbocycles. The van der Waals surface area contributed by atoms with Gasteiger partial charge in [0.25, 0.3) is 0 Å². The minimum absolute atomic E-state index is 0.277. The van der Waals surface area contributed by atoms with Gasteiger partial charge in [0.05, 0.1) is 26.0 Å². The standard InChI is InChI=1S/C32H40O2S5Si2/c1-31(2,3)40(7,8)29-19-15-23(37-29)21-11-13-25(35-21)27-17-18-28(39(27,33)34)26-14-12-22(36-26)24-16-20-30(38-24)41(9,10)32(4,5)6/h11-20H,1-10H3. The molecular weight excluding hydrogens is 633 g/mol. The van der Waals surface area contributed by atoms with Gasteiger partial charge in [0.1, 0.15) is 0 Å². The van der Waals surface area contributed by atoms with Gasteiger partial charge in [-0.25, -0.2) is 8.42 Å². The molecule has 0 fully saturated rings. The van der Waals surface area contributed by atoms with Gasteiger partial charge in [0.2, 0.25) is 9.84 Å². The summed E-state index contributed by atoms with van der Waals surface area (Å²) in [5, 5.41) is 0.553. The molecule has 0 amide bonds. The molecule has 0 atom stereocenters. The van der Waals surface area contributed by atoms with Gasteiger partial charge >= 0.3 is 0 Å². The summed E-state index contributed by atoms with van der Waals surface area (Å²) in [6.45, 7) is 23.8. The van der Waals surface area contributed by atoms with E-state index in [1.807, 2.05) is 34.8 Å². The lowest BCUT2D eigenvalue weighted by molar-refractivity contribution is 0.615. The molecule has 2 nitrogen and oxygen atoms in total. The minimum Gasteiger partial charge on any atom is -0.218 e. The Hall–Kier alpha value is -1.34. The first-order valence-electron chi connectivity index (χ1n) is 13.9. The Bertz CT molecular complexity index is 1650. The Morgan fingerprint density at radius 1 is 0.488 bits per heavy atom. The number of allylic oxidation sites excluding steroid dienone is 2. The Balaban J connectivity index is 1.36. The van der Waals surface area contributed by atoms with Crippen molar-refractivity contribution < 1.29 is 8.42 Å². The molecule has 1 aliphatic rings. The third-order valence-electron chi connectivity index (χ3n) is 9.34. The van der Waals surface area contributed by atoms with Crippen LogP contribution in [0.15, 0.2) is 60.7 Å². The monoisotopic (exact) mass is 672 g/mol. The van der Waals surface area contributed by atoms with Gasteiger partial charge in [0, 0.05) is 29.3 Å². The molecule has 5 rings (SSSR count). The minimum atomic E-state index is -3.58. The van der Waals surface area contributed by atoms with Gasteiger partial charge in [-0.2, -0.15) is 0 Å². The first-order valence-corrected chi connectivity index (χ1v) is 24.7. The average molecular weight is 673 g/mol. The first-order chi connectivity index (χ1) is 18.8. The highest BCUT2D eigenvalue weighted by atomic mass is 32.2. The van der Waals surface area contributed by atoms with Crippen molar-refractivity contribution in [2.75, 3.05) is 0 Å². The molecule has 0 N–H and O–H groups in total. The van der Waals surface area contributed by atoms with Crippen LogP contribution in [-0.4, -0.2) is 24.6 Å². The van der Waals surface area contributed by atoms with Crippen LogP contribution in [0.2, 0.25) is 36.3 Å². The van der Waals surface area contributed by atoms with Gasteiger partial charge in [-0.05, 0) is 67.6 Å². The molecule has 0 saturated heterocycles. The highest BCUT2D eigenvalue weighted by Crippen LogP contribution is 2.46. The summed E-state index contributed by atoms with van der Waals surface area (Å²) in [5.41, 5.74) is 0. The molecule has 5 heterocycles. The second-order valence-electron chi connectivity index (χ2n) is 14.0. The fraction of sp³-hybridized carbons (Fsp3) is 0.375. The molecule has 0 spiro atoms. The van der Waals surface area contributed by atoms with Crippen LogP contribution < -0.4 is 9.00 Å². The highest BCUT2D eigenvalue weighted by molar-refractivity contribution is 8.09. The summed E-state index contributed by atoms with van der Waals surface area (Å²) in [6.07, 6.45) is 3.58. The van der Waals surface area contributed by atoms with E-state index in [9.17, 15) is 8.42 Å². The van der Waals surface area contributed by atoms with Crippen LogP contribution >= 0.6 is 45.3 Å². The lowest BCUT2D eigenvalue weighted by Crippen LogP contribution is -2.47. The molecule has 0 radical (unpaired) electrons. The van der Waals surface area contributed by atoms with Crippen molar-refractivity contribution in [2.45, 2.75) is 77.8 Å². The van der Waals surface area contributed by atoms with E-state index in [1.165, 1.54) is 18.8 Å². The zero-order valence-electron chi connectivity index (χ0n) is 25.6. The van der Waals surface area contributed by atoms with Gasteiger partial charge in [0.15, 0.2) is 0 Å². The highest BCUT2D eigenvalue weighted by Gasteiger charge is 2.39. The number of hydrogen-bond donors (Lipinski definition) is 0. The maximum absolute atomic E-state index is 13.8. The SMILES string of the molecule is CC(C)(C)[Si](C)(C)c1ccc(-c2ccc(C3=CC=C(c4ccc(-c5ccc([Si](C)(C)C(C)(C)C)s5)s4)S3(=O)=O)s2)s1. The zero-order valence-corrected chi connectivity index (χ0v) is 31.7. The van der Waals surface area contributed by atoms with Gasteiger partial charge < -0.3 is 0 Å². The molecule has 0 saturated carbocycles. The second kappa shape index (κ2) is 10.4. The average Bonchev–Trinajstić information content (AvgIpc) is 3.66. The van der Waals surface area contributed by atoms with Crippen molar-refractivity contribution in [3.8, 4) is 19.5 Å². The van der Waals surface area contributed by atoms with Crippen LogP contribution in [0.1, 0.15) is 51.3 Å². The van der Waals surface area contributed by atoms with E-state index in [0.29, 0.717) is 9.81 Å². The summed E-state index contributed by atoms with van der Waals surface area (Å²) < 4.78 is 30.5. The van der Waals surface area contributed by atoms with Crippen LogP contribution in [0.4, 0.5) is 0 Å². The Labute approximate surface area is 264 Å². The normalized spacial score (nSPS) is 16.2. The van der Waals surface area contributed by atoms with Crippen LogP contribution in [0.5, 0.6) is 0 Å². The molecule has 0 unspecified atom stereocenters. The first kappa shape index (κ1) is 31.1. The summed E-state index contributed by atoms with van der Waals surface area (Å²) in [6, 6.07) is 17.1. The third kappa shape index (κ3) is 5.45. The number of sulfone groups is 1. The van der Waals surface area contributed by atoms with Crippen molar-refractivity contribution >= 4 is 90.1 Å². The summed E-state index contributed by atoms with van der Waals surface area (Å²) in [7, 11) is -6.80. The third-order valence-corrected chi connectivity index (χ3v) is 29.9. The Morgan fingerprint density at radius 3 is 1.12 bits per heavy atom. The van der Waals surface area contributed by atoms with E-state index in [4.69, 9.17) is 0 Å². The smallest absolute Gasteiger partial charge is 0.209 e. The molecule has 4 aromatic rings. The summed E-state index contributed by atoms with van der Waals surface area (Å²) in [4.78, 5) is 7.15. The summed E-state index contributed by atoms with van der Waals surface area (Å²) in [5.74, 6) is 0. The molecule has 41 heavy (non-hydrogen) atoms. The maximum Gasteiger partial charge on any atom is 0.209 e. The van der Waals surface area contributed by atoms with Crippen LogP contribution in [0, 0.1) is 0 Å². The predicted molar refractivity (Wildman–Crippen MR) is 194 cm³/mol. The lowest BCUT2D eigenvalue weighted by atomic mass is 10.2. The number of thiophene rings is 4. The van der Waals surface area contributed by atoms with E-state index < -0.39 is 26.0 Å². The van der Waals surface area contributed by atoms with E-state index in [0.717, 1.165) is 19.5 Å². The van der Waals surface area contributed by atoms with E-state index in [2.05, 4.69) is 104 Å². The van der Waals surface area contributed by atoms with Crippen LogP contribution in [0.25, 0.3) is 29.3 Å². The quantitative estimate of drug-likeness (QED) is 0.191. The molecule has 0 bridgehead atoms. The van der Waals surface area contributed by atoms with Gasteiger partial charge in [-0.3, -0.25) is 0 Å². The number of hydrogen-bond acceptors (Lipinski definition) is 6. The maximum atomic E-state index is 13.8. The van der Waals surface area contributed by atoms with E-state index >= 15 is 0 Å². The Kier molecular flexibility index (Phi) is 7.88. The number of rotatable bonds is 6. The molecule has 1 aliphatic heterocycles. The zero-order chi connectivity index (χ0) is 30.2. The predicted octanol–water partition coefficient (Wildman–Crippen LogP) is 10.5.